The summed E-state index contributed by atoms with van der Waals surface area (Å²) in [6.45, 7) is 1.57. The van der Waals surface area contributed by atoms with Crippen molar-refractivity contribution < 1.29 is 29.3 Å². The Morgan fingerprint density at radius 1 is 1.41 bits per heavy atom. The van der Waals surface area contributed by atoms with Crippen LogP contribution in [0.25, 0.3) is 0 Å². The molecule has 148 valence electrons. The Balaban J connectivity index is 1.81. The number of carbonyl (C=O) groups is 2. The van der Waals surface area contributed by atoms with Crippen molar-refractivity contribution in [3.63, 3.8) is 0 Å². The third-order valence-corrected chi connectivity index (χ3v) is 5.29. The molecule has 2 heterocycles. The molecule has 5 N–H and O–H groups in total. The number of aliphatic hydroxyl groups excluding tert-OH is 2. The molecule has 3 rings (SSSR count). The number of nitrogens with zero attached hydrogens (tertiary/aromatic N) is 1. The molecule has 0 aromatic rings. The van der Waals surface area contributed by atoms with Gasteiger partial charge in [0.2, 0.25) is 5.66 Å². The number of aliphatic hydroxyl groups is 2. The van der Waals surface area contributed by atoms with Gasteiger partial charge >= 0.3 is 12.0 Å². The lowest BCUT2D eigenvalue weighted by molar-refractivity contribution is -0.157. The van der Waals surface area contributed by atoms with Gasteiger partial charge in [-0.15, -0.1) is 6.42 Å². The molecule has 1 saturated heterocycles. The maximum atomic E-state index is 12.7. The molecule has 3 aliphatic rings. The fourth-order valence-corrected chi connectivity index (χ4v) is 3.59. The normalized spacial score (nSPS) is 37.4. The van der Waals surface area contributed by atoms with E-state index in [1.807, 2.05) is 0 Å². The number of rotatable bonds is 3. The minimum absolute atomic E-state index is 0.0345. The van der Waals surface area contributed by atoms with E-state index in [0.29, 0.717) is 0 Å². The van der Waals surface area contributed by atoms with Crippen molar-refractivity contribution in [1.82, 2.24) is 10.2 Å². The van der Waals surface area contributed by atoms with E-state index in [2.05, 4.69) is 11.2 Å². The number of hydrogen-bond donors (Lipinski definition) is 4. The highest BCUT2D eigenvalue weighted by Gasteiger charge is 2.51. The van der Waals surface area contributed by atoms with Gasteiger partial charge in [-0.05, 0) is 32.6 Å². The molecule has 1 saturated carbocycles. The van der Waals surface area contributed by atoms with Crippen molar-refractivity contribution in [3.8, 4) is 12.3 Å². The van der Waals surface area contributed by atoms with Gasteiger partial charge in [0.05, 0.1) is 11.7 Å². The molecule has 2 aliphatic heterocycles. The Labute approximate surface area is 157 Å². The molecule has 0 bridgehead atoms. The second kappa shape index (κ2) is 7.48. The van der Waals surface area contributed by atoms with Crippen LogP contribution in [0.5, 0.6) is 0 Å². The van der Waals surface area contributed by atoms with E-state index in [1.165, 1.54) is 6.20 Å². The highest BCUT2D eigenvalue weighted by molar-refractivity contribution is 5.93. The fraction of sp³-hybridized carbons (Fsp3) is 0.667. The lowest BCUT2D eigenvalue weighted by Gasteiger charge is -2.39. The highest BCUT2D eigenvalue weighted by Crippen LogP contribution is 2.29. The Hall–Kier alpha value is -2.12. The molecule has 2 fully saturated rings. The second-order valence-corrected chi connectivity index (χ2v) is 7.21. The predicted molar refractivity (Wildman–Crippen MR) is 93.5 cm³/mol. The summed E-state index contributed by atoms with van der Waals surface area (Å²) in [7, 11) is 0. The maximum Gasteiger partial charge on any atom is 0.352 e. The second-order valence-electron chi connectivity index (χ2n) is 7.21. The van der Waals surface area contributed by atoms with Crippen molar-refractivity contribution in [1.29, 1.82) is 0 Å². The van der Waals surface area contributed by atoms with E-state index in [1.54, 1.807) is 6.92 Å². The van der Waals surface area contributed by atoms with Crippen molar-refractivity contribution in [3.05, 3.63) is 11.8 Å². The van der Waals surface area contributed by atoms with E-state index in [9.17, 15) is 19.8 Å². The lowest BCUT2D eigenvalue weighted by atomic mass is 9.96. The third kappa shape index (κ3) is 3.53. The van der Waals surface area contributed by atoms with Crippen LogP contribution < -0.4 is 11.1 Å². The van der Waals surface area contributed by atoms with Crippen LogP contribution in [0.1, 0.15) is 39.0 Å². The van der Waals surface area contributed by atoms with Crippen LogP contribution in [-0.4, -0.2) is 63.4 Å². The van der Waals surface area contributed by atoms with Crippen LogP contribution in [0.4, 0.5) is 4.79 Å². The molecule has 27 heavy (non-hydrogen) atoms. The number of terminal acetylenes is 1. The van der Waals surface area contributed by atoms with Crippen LogP contribution in [0.15, 0.2) is 11.8 Å². The lowest BCUT2D eigenvalue weighted by Crippen LogP contribution is -2.69. The molecule has 1 unspecified atom stereocenters. The summed E-state index contributed by atoms with van der Waals surface area (Å²) in [6, 6.07) is -0.789. The Bertz CT molecular complexity index is 683. The first-order valence-electron chi connectivity index (χ1n) is 9.09. The number of nitrogens with two attached hydrogens (primary N) is 1. The van der Waals surface area contributed by atoms with Crippen LogP contribution in [-0.2, 0) is 14.3 Å². The molecule has 0 aromatic heterocycles. The molecule has 9 nitrogen and oxygen atoms in total. The largest absolute Gasteiger partial charge is 0.459 e. The SMILES string of the molecule is C#CC1=CN([C@@H]2O[C@H](C)[C@@H](O)[C@H]2O)C(=O)NC1(N)C(=O)OC1CCCCC1. The van der Waals surface area contributed by atoms with Gasteiger partial charge in [0, 0.05) is 6.20 Å². The number of carbonyl (C=O) groups excluding carboxylic acids is 2. The molecular formula is C18H25N3O6. The van der Waals surface area contributed by atoms with Gasteiger partial charge in [0.1, 0.15) is 18.3 Å². The minimum Gasteiger partial charge on any atom is -0.459 e. The first kappa shape index (κ1) is 19.6. The number of nitrogens with one attached hydrogen (secondary N) is 1. The summed E-state index contributed by atoms with van der Waals surface area (Å²) in [4.78, 5) is 26.2. The van der Waals surface area contributed by atoms with Crippen LogP contribution in [0.2, 0.25) is 0 Å². The van der Waals surface area contributed by atoms with Crippen LogP contribution >= 0.6 is 0 Å². The van der Waals surface area contributed by atoms with E-state index in [4.69, 9.17) is 21.6 Å². The number of ether oxygens (including phenoxy) is 2. The smallest absolute Gasteiger partial charge is 0.352 e. The summed E-state index contributed by atoms with van der Waals surface area (Å²) in [5.41, 5.74) is 4.09. The maximum absolute atomic E-state index is 12.7. The molecular weight excluding hydrogens is 354 g/mol. The van der Waals surface area contributed by atoms with Gasteiger partial charge in [-0.25, -0.2) is 9.59 Å². The van der Waals surface area contributed by atoms with E-state index in [-0.39, 0.29) is 11.7 Å². The van der Waals surface area contributed by atoms with Gasteiger partial charge in [0.25, 0.3) is 0 Å². The molecule has 2 amide bonds. The quantitative estimate of drug-likeness (QED) is 0.384. The Kier molecular flexibility index (Phi) is 5.44. The fourth-order valence-electron chi connectivity index (χ4n) is 3.59. The molecule has 1 aliphatic carbocycles. The number of amides is 2. The Morgan fingerprint density at radius 3 is 2.63 bits per heavy atom. The number of urea groups is 1. The molecule has 0 aromatic carbocycles. The van der Waals surface area contributed by atoms with Gasteiger partial charge < -0.3 is 25.0 Å². The minimum atomic E-state index is -1.99. The van der Waals surface area contributed by atoms with Gasteiger partial charge in [-0.1, -0.05) is 12.3 Å². The van der Waals surface area contributed by atoms with E-state index < -0.39 is 42.2 Å². The first-order chi connectivity index (χ1) is 12.8. The van der Waals surface area contributed by atoms with Gasteiger partial charge in [-0.3, -0.25) is 10.6 Å². The summed E-state index contributed by atoms with van der Waals surface area (Å²) >= 11 is 0. The monoisotopic (exact) mass is 379 g/mol. The zero-order valence-corrected chi connectivity index (χ0v) is 15.1. The number of hydrogen-bond acceptors (Lipinski definition) is 7. The summed E-state index contributed by atoms with van der Waals surface area (Å²) in [6.07, 6.45) is 6.62. The highest BCUT2D eigenvalue weighted by atomic mass is 16.6. The average molecular weight is 379 g/mol. The standard InChI is InChI=1S/C18H25N3O6/c1-3-11-9-21(15-14(23)13(22)10(2)26-15)17(25)20-18(11,19)16(24)27-12-7-5-4-6-8-12/h1,9-10,12-15,22-23H,4-8,19H2,2H3,(H,20,25)/t10-,13-,14-,15-,18?/m1/s1. The zero-order valence-electron chi connectivity index (χ0n) is 15.1. The average Bonchev–Trinajstić information content (AvgIpc) is 2.90. The summed E-state index contributed by atoms with van der Waals surface area (Å²) < 4.78 is 10.9. The van der Waals surface area contributed by atoms with E-state index in [0.717, 1.165) is 37.0 Å². The first-order valence-corrected chi connectivity index (χ1v) is 9.09. The van der Waals surface area contributed by atoms with Crippen molar-refractivity contribution in [2.45, 2.75) is 75.3 Å². The molecule has 0 spiro atoms. The third-order valence-electron chi connectivity index (χ3n) is 5.29. The van der Waals surface area contributed by atoms with Crippen molar-refractivity contribution in [2.75, 3.05) is 0 Å². The number of esters is 1. The van der Waals surface area contributed by atoms with Gasteiger partial charge in [0.15, 0.2) is 6.23 Å². The zero-order chi connectivity index (χ0) is 19.8. The molecule has 5 atom stereocenters. The predicted octanol–water partition coefficient (Wildman–Crippen LogP) is -0.474. The van der Waals surface area contributed by atoms with Crippen LogP contribution in [0, 0.1) is 12.3 Å². The Morgan fingerprint density at radius 2 is 2.07 bits per heavy atom. The van der Waals surface area contributed by atoms with Crippen molar-refractivity contribution in [2.24, 2.45) is 5.73 Å². The molecule has 0 radical (unpaired) electrons. The van der Waals surface area contributed by atoms with Crippen LogP contribution in [0.3, 0.4) is 0 Å². The van der Waals surface area contributed by atoms with Gasteiger partial charge in [-0.2, -0.15) is 0 Å². The van der Waals surface area contributed by atoms with E-state index >= 15 is 0 Å². The topological polar surface area (TPSA) is 134 Å². The summed E-state index contributed by atoms with van der Waals surface area (Å²) in [5.74, 6) is 1.48. The molecule has 9 heteroatoms. The summed E-state index contributed by atoms with van der Waals surface area (Å²) in [5, 5.41) is 22.3. The van der Waals surface area contributed by atoms with Crippen molar-refractivity contribution >= 4 is 12.0 Å².